The molecule has 3 rings (SSSR count). The number of aromatic nitrogens is 1. The molecule has 1 aliphatic rings. The van der Waals surface area contributed by atoms with Gasteiger partial charge in [0, 0.05) is 23.8 Å². The van der Waals surface area contributed by atoms with Gasteiger partial charge < -0.3 is 5.32 Å². The van der Waals surface area contributed by atoms with Crippen LogP contribution < -0.4 is 5.32 Å². The van der Waals surface area contributed by atoms with Crippen molar-refractivity contribution >= 4 is 11.3 Å². The van der Waals surface area contributed by atoms with Gasteiger partial charge in [0.15, 0.2) is 0 Å². The molecule has 0 amide bonds. The van der Waals surface area contributed by atoms with E-state index in [2.05, 4.69) is 36.5 Å². The molecule has 0 saturated heterocycles. The number of hydrogen-bond donors (Lipinski definition) is 1. The number of hydrogen-bond acceptors (Lipinski definition) is 3. The van der Waals surface area contributed by atoms with Crippen LogP contribution in [0.3, 0.4) is 0 Å². The van der Waals surface area contributed by atoms with Gasteiger partial charge in [-0.05, 0) is 32.4 Å². The molecule has 1 heterocycles. The van der Waals surface area contributed by atoms with Gasteiger partial charge in [-0.1, -0.05) is 29.8 Å². The summed E-state index contributed by atoms with van der Waals surface area (Å²) in [6, 6.07) is 8.74. The number of nitrogens with one attached hydrogen (secondary N) is 1. The number of rotatable bonds is 5. The SMILES string of the molecule is CNCc1sc(Cc2cccc(C)c2)nc1C1CC1. The molecule has 0 bridgehead atoms. The Labute approximate surface area is 118 Å². The third-order valence-electron chi connectivity index (χ3n) is 3.51. The fourth-order valence-electron chi connectivity index (χ4n) is 2.45. The minimum absolute atomic E-state index is 0.742. The van der Waals surface area contributed by atoms with Gasteiger partial charge in [0.1, 0.15) is 0 Å². The molecule has 3 heteroatoms. The molecule has 2 aromatic rings. The van der Waals surface area contributed by atoms with E-state index in [-0.39, 0.29) is 0 Å². The van der Waals surface area contributed by atoms with Crippen LogP contribution in [0.5, 0.6) is 0 Å². The van der Waals surface area contributed by atoms with E-state index in [0.29, 0.717) is 0 Å². The van der Waals surface area contributed by atoms with Crippen LogP contribution >= 0.6 is 11.3 Å². The van der Waals surface area contributed by atoms with Gasteiger partial charge >= 0.3 is 0 Å². The molecular weight excluding hydrogens is 252 g/mol. The van der Waals surface area contributed by atoms with Gasteiger partial charge in [-0.2, -0.15) is 0 Å². The van der Waals surface area contributed by atoms with Crippen LogP contribution in [0.4, 0.5) is 0 Å². The molecule has 0 atom stereocenters. The standard InChI is InChI=1S/C16H20N2S/c1-11-4-3-5-12(8-11)9-15-18-16(13-6-7-13)14(19-15)10-17-2/h3-5,8,13,17H,6-7,9-10H2,1-2H3. The van der Waals surface area contributed by atoms with Crippen molar-refractivity contribution in [3.63, 3.8) is 0 Å². The van der Waals surface area contributed by atoms with Crippen molar-refractivity contribution in [2.45, 2.75) is 38.6 Å². The van der Waals surface area contributed by atoms with Crippen molar-refractivity contribution in [2.75, 3.05) is 7.05 Å². The van der Waals surface area contributed by atoms with Crippen LogP contribution in [0, 0.1) is 6.92 Å². The van der Waals surface area contributed by atoms with E-state index in [9.17, 15) is 0 Å². The Balaban J connectivity index is 1.82. The van der Waals surface area contributed by atoms with Crippen molar-refractivity contribution in [3.05, 3.63) is 51.0 Å². The second-order valence-electron chi connectivity index (χ2n) is 5.39. The average molecular weight is 272 g/mol. The minimum atomic E-state index is 0.742. The zero-order valence-corrected chi connectivity index (χ0v) is 12.4. The topological polar surface area (TPSA) is 24.9 Å². The molecule has 0 aliphatic heterocycles. The normalized spacial score (nSPS) is 14.8. The smallest absolute Gasteiger partial charge is 0.0975 e. The summed E-state index contributed by atoms with van der Waals surface area (Å²) in [5.74, 6) is 0.742. The molecule has 19 heavy (non-hydrogen) atoms. The van der Waals surface area contributed by atoms with Crippen LogP contribution in [0.1, 0.15) is 45.5 Å². The lowest BCUT2D eigenvalue weighted by Gasteiger charge is -1.99. The van der Waals surface area contributed by atoms with E-state index in [1.54, 1.807) is 0 Å². The summed E-state index contributed by atoms with van der Waals surface area (Å²) >= 11 is 1.88. The highest BCUT2D eigenvalue weighted by molar-refractivity contribution is 7.11. The number of nitrogens with zero attached hydrogens (tertiary/aromatic N) is 1. The zero-order chi connectivity index (χ0) is 13.2. The van der Waals surface area contributed by atoms with Crippen molar-refractivity contribution in [1.29, 1.82) is 0 Å². The molecule has 2 nitrogen and oxygen atoms in total. The maximum Gasteiger partial charge on any atom is 0.0975 e. The van der Waals surface area contributed by atoms with Crippen LogP contribution in [0.2, 0.25) is 0 Å². The average Bonchev–Trinajstić information content (AvgIpc) is 3.14. The molecule has 100 valence electrons. The molecule has 1 aromatic heterocycles. The summed E-state index contributed by atoms with van der Waals surface area (Å²) in [5, 5.41) is 4.53. The first kappa shape index (κ1) is 12.8. The molecule has 1 saturated carbocycles. The quantitative estimate of drug-likeness (QED) is 0.899. The highest BCUT2D eigenvalue weighted by atomic mass is 32.1. The molecule has 1 N–H and O–H groups in total. The third kappa shape index (κ3) is 3.04. The Hall–Kier alpha value is -1.19. The van der Waals surface area contributed by atoms with E-state index in [0.717, 1.165) is 18.9 Å². The van der Waals surface area contributed by atoms with Gasteiger partial charge in [0.05, 0.1) is 10.7 Å². The van der Waals surface area contributed by atoms with Crippen LogP contribution in [0.15, 0.2) is 24.3 Å². The largest absolute Gasteiger partial charge is 0.315 e. The van der Waals surface area contributed by atoms with Gasteiger partial charge in [-0.3, -0.25) is 0 Å². The first-order valence-electron chi connectivity index (χ1n) is 6.95. The van der Waals surface area contributed by atoms with Crippen molar-refractivity contribution in [1.82, 2.24) is 10.3 Å². The van der Waals surface area contributed by atoms with E-state index in [1.807, 2.05) is 18.4 Å². The predicted molar refractivity (Wildman–Crippen MR) is 80.8 cm³/mol. The van der Waals surface area contributed by atoms with Gasteiger partial charge in [-0.25, -0.2) is 4.98 Å². The van der Waals surface area contributed by atoms with Gasteiger partial charge in [-0.15, -0.1) is 11.3 Å². The first-order valence-corrected chi connectivity index (χ1v) is 7.76. The maximum atomic E-state index is 4.89. The third-order valence-corrected chi connectivity index (χ3v) is 4.58. The lowest BCUT2D eigenvalue weighted by atomic mass is 10.1. The summed E-state index contributed by atoms with van der Waals surface area (Å²) in [6.07, 6.45) is 3.62. The Kier molecular flexibility index (Phi) is 3.67. The van der Waals surface area contributed by atoms with E-state index < -0.39 is 0 Å². The fraction of sp³-hybridized carbons (Fsp3) is 0.438. The molecule has 0 radical (unpaired) electrons. The summed E-state index contributed by atoms with van der Waals surface area (Å²) in [4.78, 5) is 6.33. The summed E-state index contributed by atoms with van der Waals surface area (Å²) in [6.45, 7) is 3.10. The van der Waals surface area contributed by atoms with Crippen molar-refractivity contribution in [3.8, 4) is 0 Å². The molecular formula is C16H20N2S. The van der Waals surface area contributed by atoms with Crippen LogP contribution in [0.25, 0.3) is 0 Å². The fourth-order valence-corrected chi connectivity index (χ4v) is 3.65. The molecule has 0 unspecified atom stereocenters. The van der Waals surface area contributed by atoms with E-state index in [1.165, 1.54) is 39.5 Å². The highest BCUT2D eigenvalue weighted by Crippen LogP contribution is 2.42. The summed E-state index contributed by atoms with van der Waals surface area (Å²) in [7, 11) is 2.01. The van der Waals surface area contributed by atoms with Crippen molar-refractivity contribution < 1.29 is 0 Å². The van der Waals surface area contributed by atoms with E-state index in [4.69, 9.17) is 4.98 Å². The number of benzene rings is 1. The Bertz CT molecular complexity index is 570. The monoisotopic (exact) mass is 272 g/mol. The Morgan fingerprint density at radius 2 is 2.21 bits per heavy atom. The number of thiazole rings is 1. The summed E-state index contributed by atoms with van der Waals surface area (Å²) in [5.41, 5.74) is 4.06. The van der Waals surface area contributed by atoms with E-state index >= 15 is 0 Å². The molecule has 1 aliphatic carbocycles. The van der Waals surface area contributed by atoms with Gasteiger partial charge in [0.2, 0.25) is 0 Å². The molecule has 1 aromatic carbocycles. The second-order valence-corrected chi connectivity index (χ2v) is 6.55. The maximum absolute atomic E-state index is 4.89. The lowest BCUT2D eigenvalue weighted by molar-refractivity contribution is 0.812. The van der Waals surface area contributed by atoms with Crippen LogP contribution in [-0.2, 0) is 13.0 Å². The zero-order valence-electron chi connectivity index (χ0n) is 11.6. The molecule has 1 fully saturated rings. The lowest BCUT2D eigenvalue weighted by Crippen LogP contribution is -2.05. The first-order chi connectivity index (χ1) is 9.26. The predicted octanol–water partition coefficient (Wildman–Crippen LogP) is 3.64. The Morgan fingerprint density at radius 1 is 1.37 bits per heavy atom. The second kappa shape index (κ2) is 5.43. The van der Waals surface area contributed by atoms with Crippen molar-refractivity contribution in [2.24, 2.45) is 0 Å². The van der Waals surface area contributed by atoms with Gasteiger partial charge in [0.25, 0.3) is 0 Å². The molecule has 0 spiro atoms. The summed E-state index contributed by atoms with van der Waals surface area (Å²) < 4.78 is 0. The van der Waals surface area contributed by atoms with Crippen LogP contribution in [-0.4, -0.2) is 12.0 Å². The Morgan fingerprint density at radius 3 is 2.89 bits per heavy atom. The number of aryl methyl sites for hydroxylation is 1. The highest BCUT2D eigenvalue weighted by Gasteiger charge is 2.29. The minimum Gasteiger partial charge on any atom is -0.315 e.